The minimum atomic E-state index is 0.734. The maximum Gasteiger partial charge on any atom is 0.0389 e. The van der Waals surface area contributed by atoms with Crippen molar-refractivity contribution in [3.63, 3.8) is 0 Å². The number of fused-ring (bicyclic) bond motifs is 1. The Morgan fingerprint density at radius 1 is 1.38 bits per heavy atom. The van der Waals surface area contributed by atoms with E-state index in [0.29, 0.717) is 0 Å². The minimum absolute atomic E-state index is 0.734. The van der Waals surface area contributed by atoms with E-state index in [-0.39, 0.29) is 0 Å². The van der Waals surface area contributed by atoms with Gasteiger partial charge in [0.05, 0.1) is 0 Å². The normalized spacial score (nSPS) is 20.6. The molecular weight excluding hydrogens is 264 g/mol. The lowest BCUT2D eigenvalue weighted by atomic mass is 9.98. The van der Waals surface area contributed by atoms with Crippen molar-refractivity contribution in [2.45, 2.75) is 31.8 Å². The summed E-state index contributed by atoms with van der Waals surface area (Å²) in [6.45, 7) is 2.25. The van der Waals surface area contributed by atoms with Crippen molar-refractivity contribution in [1.82, 2.24) is 4.90 Å². The van der Waals surface area contributed by atoms with Gasteiger partial charge in [-0.25, -0.2) is 0 Å². The number of nitrogens with zero attached hydrogens (tertiary/aromatic N) is 1. The summed E-state index contributed by atoms with van der Waals surface area (Å²) < 4.78 is 1.20. The van der Waals surface area contributed by atoms with E-state index in [9.17, 15) is 0 Å². The number of benzene rings is 1. The van der Waals surface area contributed by atoms with Gasteiger partial charge in [-0.1, -0.05) is 15.9 Å². The molecule has 1 saturated carbocycles. The zero-order valence-electron chi connectivity index (χ0n) is 9.59. The molecule has 0 aromatic heterocycles. The molecule has 0 atom stereocenters. The number of halogens is 1. The lowest BCUT2D eigenvalue weighted by Gasteiger charge is -2.27. The van der Waals surface area contributed by atoms with Gasteiger partial charge in [0.2, 0.25) is 0 Å². The van der Waals surface area contributed by atoms with E-state index in [1.54, 1.807) is 0 Å². The lowest BCUT2D eigenvalue weighted by Crippen LogP contribution is -2.27. The third kappa shape index (κ3) is 2.11. The third-order valence-corrected chi connectivity index (χ3v) is 3.89. The molecule has 0 unspecified atom stereocenters. The average Bonchev–Trinajstić information content (AvgIpc) is 3.00. The van der Waals surface area contributed by atoms with E-state index >= 15 is 0 Å². The highest BCUT2D eigenvalue weighted by molar-refractivity contribution is 9.10. The molecular formula is C13H17BrN2. The molecule has 16 heavy (non-hydrogen) atoms. The van der Waals surface area contributed by atoms with Crippen molar-refractivity contribution < 1.29 is 0 Å². The predicted molar refractivity (Wildman–Crippen MR) is 70.8 cm³/mol. The van der Waals surface area contributed by atoms with Gasteiger partial charge in [0, 0.05) is 29.3 Å². The Hall–Kier alpha value is -0.540. The van der Waals surface area contributed by atoms with Crippen molar-refractivity contribution in [3.05, 3.63) is 27.7 Å². The van der Waals surface area contributed by atoms with E-state index in [2.05, 4.69) is 45.3 Å². The van der Waals surface area contributed by atoms with Crippen LogP contribution in [0.5, 0.6) is 0 Å². The molecule has 0 radical (unpaired) electrons. The zero-order chi connectivity index (χ0) is 11.1. The summed E-state index contributed by atoms with van der Waals surface area (Å²) in [6.07, 6.45) is 3.84. The first-order chi connectivity index (χ1) is 7.72. The van der Waals surface area contributed by atoms with Crippen LogP contribution in [-0.2, 0) is 13.0 Å². The van der Waals surface area contributed by atoms with Crippen LogP contribution in [0.25, 0.3) is 0 Å². The average molecular weight is 281 g/mol. The molecule has 86 valence electrons. The van der Waals surface area contributed by atoms with Crippen molar-refractivity contribution in [3.8, 4) is 0 Å². The molecule has 2 nitrogen and oxygen atoms in total. The van der Waals surface area contributed by atoms with Crippen LogP contribution >= 0.6 is 15.9 Å². The maximum absolute atomic E-state index is 3.65. The number of likely N-dealkylation sites (N-methyl/N-ethyl adjacent to an activating group) is 1. The first-order valence-electron chi connectivity index (χ1n) is 5.99. The summed E-state index contributed by atoms with van der Waals surface area (Å²) in [5.74, 6) is 0. The summed E-state index contributed by atoms with van der Waals surface area (Å²) in [5.41, 5.74) is 4.37. The Bertz CT molecular complexity index is 413. The van der Waals surface area contributed by atoms with Gasteiger partial charge >= 0.3 is 0 Å². The van der Waals surface area contributed by atoms with Crippen LogP contribution in [0.3, 0.4) is 0 Å². The fraction of sp³-hybridized carbons (Fsp3) is 0.538. The predicted octanol–water partition coefficient (Wildman–Crippen LogP) is 3.01. The van der Waals surface area contributed by atoms with Gasteiger partial charge in [-0.05, 0) is 49.6 Å². The summed E-state index contributed by atoms with van der Waals surface area (Å²) in [6, 6.07) is 5.24. The van der Waals surface area contributed by atoms with Gasteiger partial charge in [-0.2, -0.15) is 0 Å². The largest absolute Gasteiger partial charge is 0.382 e. The Kier molecular flexibility index (Phi) is 2.68. The second kappa shape index (κ2) is 4.04. The zero-order valence-corrected chi connectivity index (χ0v) is 11.2. The topological polar surface area (TPSA) is 15.3 Å². The molecule has 1 aromatic rings. The smallest absolute Gasteiger partial charge is 0.0389 e. The third-order valence-electron chi connectivity index (χ3n) is 3.43. The van der Waals surface area contributed by atoms with Crippen LogP contribution < -0.4 is 5.32 Å². The van der Waals surface area contributed by atoms with Gasteiger partial charge in [0.15, 0.2) is 0 Å². The second-order valence-corrected chi connectivity index (χ2v) is 5.91. The highest BCUT2D eigenvalue weighted by Crippen LogP contribution is 2.33. The molecule has 1 aliphatic carbocycles. The van der Waals surface area contributed by atoms with E-state index < -0.39 is 0 Å². The maximum atomic E-state index is 3.65. The molecule has 0 bridgehead atoms. The Labute approximate surface area is 105 Å². The van der Waals surface area contributed by atoms with Crippen molar-refractivity contribution in [1.29, 1.82) is 0 Å². The number of nitrogens with one attached hydrogen (secondary N) is 1. The summed E-state index contributed by atoms with van der Waals surface area (Å²) in [4.78, 5) is 2.38. The van der Waals surface area contributed by atoms with Crippen LogP contribution in [0.1, 0.15) is 24.0 Å². The molecule has 3 heteroatoms. The molecule has 1 aliphatic heterocycles. The first-order valence-corrected chi connectivity index (χ1v) is 6.78. The van der Waals surface area contributed by atoms with Crippen LogP contribution in [-0.4, -0.2) is 24.5 Å². The molecule has 3 rings (SSSR count). The van der Waals surface area contributed by atoms with Crippen LogP contribution in [0.15, 0.2) is 16.6 Å². The summed E-state index contributed by atoms with van der Waals surface area (Å²) >= 11 is 3.61. The summed E-state index contributed by atoms with van der Waals surface area (Å²) in [7, 11) is 2.19. The van der Waals surface area contributed by atoms with E-state index in [0.717, 1.165) is 12.6 Å². The van der Waals surface area contributed by atoms with Crippen molar-refractivity contribution in [2.75, 3.05) is 18.9 Å². The molecule has 0 saturated heterocycles. The Morgan fingerprint density at radius 2 is 2.19 bits per heavy atom. The number of hydrogen-bond donors (Lipinski definition) is 1. The second-order valence-electron chi connectivity index (χ2n) is 5.00. The lowest BCUT2D eigenvalue weighted by molar-refractivity contribution is 0.313. The molecule has 1 fully saturated rings. The van der Waals surface area contributed by atoms with Gasteiger partial charge in [-0.15, -0.1) is 0 Å². The fourth-order valence-electron chi connectivity index (χ4n) is 2.38. The first kappa shape index (κ1) is 10.6. The molecule has 0 spiro atoms. The number of hydrogen-bond acceptors (Lipinski definition) is 2. The van der Waals surface area contributed by atoms with Gasteiger partial charge < -0.3 is 10.2 Å². The van der Waals surface area contributed by atoms with Crippen molar-refractivity contribution in [2.24, 2.45) is 0 Å². The Balaban J connectivity index is 1.96. The quantitative estimate of drug-likeness (QED) is 0.896. The molecule has 2 aliphatic rings. The summed E-state index contributed by atoms with van der Waals surface area (Å²) in [5, 5.41) is 3.65. The highest BCUT2D eigenvalue weighted by atomic mass is 79.9. The van der Waals surface area contributed by atoms with Crippen LogP contribution in [0.2, 0.25) is 0 Å². The van der Waals surface area contributed by atoms with Gasteiger partial charge in [-0.3, -0.25) is 0 Å². The number of anilines is 1. The van der Waals surface area contributed by atoms with E-state index in [1.807, 2.05) is 0 Å². The molecule has 1 heterocycles. The number of rotatable bonds is 2. The van der Waals surface area contributed by atoms with E-state index in [4.69, 9.17) is 0 Å². The SMILES string of the molecule is CN1CCc2c(cc(Br)cc2NC2CC2)C1. The monoisotopic (exact) mass is 280 g/mol. The van der Waals surface area contributed by atoms with Crippen LogP contribution in [0.4, 0.5) is 5.69 Å². The Morgan fingerprint density at radius 3 is 2.94 bits per heavy atom. The van der Waals surface area contributed by atoms with Gasteiger partial charge in [0.25, 0.3) is 0 Å². The van der Waals surface area contributed by atoms with Crippen molar-refractivity contribution >= 4 is 21.6 Å². The highest BCUT2D eigenvalue weighted by Gasteiger charge is 2.24. The van der Waals surface area contributed by atoms with Gasteiger partial charge in [0.1, 0.15) is 0 Å². The molecule has 0 amide bonds. The molecule has 1 aromatic carbocycles. The van der Waals surface area contributed by atoms with E-state index in [1.165, 1.54) is 47.1 Å². The van der Waals surface area contributed by atoms with Crippen LogP contribution in [0, 0.1) is 0 Å². The molecule has 1 N–H and O–H groups in total. The minimum Gasteiger partial charge on any atom is -0.382 e. The fourth-order valence-corrected chi connectivity index (χ4v) is 2.88. The standard InChI is InChI=1S/C13H17BrN2/c1-16-5-4-12-9(8-16)6-10(14)7-13(12)15-11-2-3-11/h6-7,11,15H,2-5,8H2,1H3.